The normalized spacial score (nSPS) is 10.9. The Morgan fingerprint density at radius 2 is 1.90 bits per heavy atom. The van der Waals surface area contributed by atoms with E-state index in [4.69, 9.17) is 21.1 Å². The molecule has 0 bridgehead atoms. The van der Waals surface area contributed by atoms with E-state index >= 15 is 0 Å². The largest absolute Gasteiger partial charge is 0.496 e. The zero-order valence-electron chi connectivity index (χ0n) is 17.9. The molecule has 0 fully saturated rings. The Morgan fingerprint density at radius 3 is 2.50 bits per heavy atom. The molecule has 0 atom stereocenters. The second-order valence-electron chi connectivity index (χ2n) is 7.32. The third kappa shape index (κ3) is 5.54. The zero-order valence-corrected chi connectivity index (χ0v) is 18.6. The molecule has 0 unspecified atom stereocenters. The van der Waals surface area contributed by atoms with E-state index in [1.54, 1.807) is 6.92 Å². The van der Waals surface area contributed by atoms with Crippen LogP contribution in [0.2, 0.25) is 5.02 Å². The number of amides is 2. The number of benzene rings is 2. The molecular weight excluding hydrogens is 404 g/mol. The minimum atomic E-state index is -0.656. The highest BCUT2D eigenvalue weighted by molar-refractivity contribution is 6.34. The predicted molar refractivity (Wildman–Crippen MR) is 120 cm³/mol. The fourth-order valence-corrected chi connectivity index (χ4v) is 3.08. The summed E-state index contributed by atoms with van der Waals surface area (Å²) in [6.45, 7) is 11.6. The molecule has 2 aromatic rings. The molecule has 6 nitrogen and oxygen atoms in total. The Bertz CT molecular complexity index is 970. The van der Waals surface area contributed by atoms with Crippen molar-refractivity contribution in [2.45, 2.75) is 33.2 Å². The summed E-state index contributed by atoms with van der Waals surface area (Å²) in [5, 5.41) is 5.84. The molecule has 30 heavy (non-hydrogen) atoms. The van der Waals surface area contributed by atoms with Crippen molar-refractivity contribution < 1.29 is 19.1 Å². The lowest BCUT2D eigenvalue weighted by Gasteiger charge is -2.28. The van der Waals surface area contributed by atoms with E-state index in [0.29, 0.717) is 5.69 Å². The molecule has 0 saturated heterocycles. The summed E-state index contributed by atoms with van der Waals surface area (Å²) in [5.41, 5.74) is 2.72. The number of carbonyl (C=O) groups is 2. The zero-order chi connectivity index (χ0) is 22.5. The standard InChI is InChI=1S/C23H27ClN2O4/c1-7-30-21(27)17-12-18(24)19(13-20(17)29-6)25-22(28)26-23(4,5)16-10-8-9-15(11-16)14(2)3/h8-13H,2,7H2,1,3-6H3,(H2,25,26,28). The minimum Gasteiger partial charge on any atom is -0.496 e. The van der Waals surface area contributed by atoms with Gasteiger partial charge in [-0.15, -0.1) is 0 Å². The van der Waals surface area contributed by atoms with Gasteiger partial charge >= 0.3 is 12.0 Å². The number of anilines is 1. The number of methoxy groups -OCH3 is 1. The van der Waals surface area contributed by atoms with Crippen LogP contribution in [0.15, 0.2) is 43.0 Å². The lowest BCUT2D eigenvalue weighted by atomic mass is 9.92. The number of hydrogen-bond acceptors (Lipinski definition) is 4. The first-order valence-electron chi connectivity index (χ1n) is 9.49. The third-order valence-electron chi connectivity index (χ3n) is 4.54. The van der Waals surface area contributed by atoms with Crippen LogP contribution in [0.3, 0.4) is 0 Å². The van der Waals surface area contributed by atoms with Crippen molar-refractivity contribution in [2.24, 2.45) is 0 Å². The van der Waals surface area contributed by atoms with Gasteiger partial charge in [-0.05, 0) is 51.0 Å². The molecule has 0 spiro atoms. The number of halogens is 1. The molecule has 0 aliphatic carbocycles. The van der Waals surface area contributed by atoms with E-state index in [9.17, 15) is 9.59 Å². The number of rotatable bonds is 7. The number of hydrogen-bond donors (Lipinski definition) is 2. The quantitative estimate of drug-likeness (QED) is 0.559. The Kier molecular flexibility index (Phi) is 7.51. The maximum Gasteiger partial charge on any atom is 0.341 e. The lowest BCUT2D eigenvalue weighted by Crippen LogP contribution is -2.43. The van der Waals surface area contributed by atoms with Crippen LogP contribution < -0.4 is 15.4 Å². The molecule has 0 aliphatic rings. The maximum absolute atomic E-state index is 12.7. The summed E-state index contributed by atoms with van der Waals surface area (Å²) < 4.78 is 10.3. The summed E-state index contributed by atoms with van der Waals surface area (Å²) in [4.78, 5) is 24.7. The second-order valence-corrected chi connectivity index (χ2v) is 7.73. The lowest BCUT2D eigenvalue weighted by molar-refractivity contribution is 0.0522. The van der Waals surface area contributed by atoms with Crippen LogP contribution in [-0.2, 0) is 10.3 Å². The smallest absolute Gasteiger partial charge is 0.341 e. The van der Waals surface area contributed by atoms with Gasteiger partial charge < -0.3 is 20.1 Å². The molecule has 0 radical (unpaired) electrons. The van der Waals surface area contributed by atoms with E-state index in [-0.39, 0.29) is 22.9 Å². The van der Waals surface area contributed by atoms with Gasteiger partial charge in [-0.3, -0.25) is 0 Å². The van der Waals surface area contributed by atoms with Crippen LogP contribution in [0.4, 0.5) is 10.5 Å². The van der Waals surface area contributed by atoms with Gasteiger partial charge in [0, 0.05) is 6.07 Å². The summed E-state index contributed by atoms with van der Waals surface area (Å²) in [6.07, 6.45) is 0. The first-order valence-corrected chi connectivity index (χ1v) is 9.87. The van der Waals surface area contributed by atoms with Crippen molar-refractivity contribution in [3.8, 4) is 5.75 Å². The van der Waals surface area contributed by atoms with E-state index in [2.05, 4.69) is 17.2 Å². The number of esters is 1. The number of nitrogens with one attached hydrogen (secondary N) is 2. The van der Waals surface area contributed by atoms with Crippen molar-refractivity contribution >= 4 is 34.9 Å². The first kappa shape index (κ1) is 23.3. The molecule has 2 amide bonds. The molecule has 2 N–H and O–H groups in total. The molecule has 0 saturated carbocycles. The van der Waals surface area contributed by atoms with Gasteiger partial charge in [0.2, 0.25) is 0 Å². The Morgan fingerprint density at radius 1 is 1.20 bits per heavy atom. The van der Waals surface area contributed by atoms with Crippen molar-refractivity contribution in [1.29, 1.82) is 0 Å². The van der Waals surface area contributed by atoms with Crippen LogP contribution in [0.5, 0.6) is 5.75 Å². The van der Waals surface area contributed by atoms with Gasteiger partial charge in [0.25, 0.3) is 0 Å². The monoisotopic (exact) mass is 430 g/mol. The summed E-state index contributed by atoms with van der Waals surface area (Å²) in [5.74, 6) is -0.299. The summed E-state index contributed by atoms with van der Waals surface area (Å²) in [6, 6.07) is 10.3. The second kappa shape index (κ2) is 9.67. The topological polar surface area (TPSA) is 76.7 Å². The highest BCUT2D eigenvalue weighted by Crippen LogP contribution is 2.32. The highest BCUT2D eigenvalue weighted by atomic mass is 35.5. The van der Waals surface area contributed by atoms with Crippen LogP contribution in [0.1, 0.15) is 49.2 Å². The van der Waals surface area contributed by atoms with Crippen molar-refractivity contribution in [3.05, 3.63) is 64.7 Å². The summed E-state index contributed by atoms with van der Waals surface area (Å²) in [7, 11) is 1.42. The van der Waals surface area contributed by atoms with Crippen LogP contribution >= 0.6 is 11.6 Å². The number of carbonyl (C=O) groups excluding carboxylic acids is 2. The van der Waals surface area contributed by atoms with Crippen molar-refractivity contribution in [2.75, 3.05) is 19.0 Å². The van der Waals surface area contributed by atoms with Gasteiger partial charge in [-0.1, -0.05) is 42.0 Å². The SMILES string of the molecule is C=C(C)c1cccc(C(C)(C)NC(=O)Nc2cc(OC)c(C(=O)OCC)cc2Cl)c1. The highest BCUT2D eigenvalue weighted by Gasteiger charge is 2.24. The molecule has 7 heteroatoms. The number of urea groups is 1. The van der Waals surface area contributed by atoms with Gasteiger partial charge in [-0.2, -0.15) is 0 Å². The van der Waals surface area contributed by atoms with E-state index < -0.39 is 17.5 Å². The maximum atomic E-state index is 12.7. The van der Waals surface area contributed by atoms with E-state index in [1.807, 2.05) is 45.0 Å². The third-order valence-corrected chi connectivity index (χ3v) is 4.85. The Labute approximate surface area is 182 Å². The van der Waals surface area contributed by atoms with Gasteiger partial charge in [-0.25, -0.2) is 9.59 Å². The molecule has 0 aromatic heterocycles. The van der Waals surface area contributed by atoms with Crippen molar-refractivity contribution in [3.63, 3.8) is 0 Å². The minimum absolute atomic E-state index is 0.187. The van der Waals surface area contributed by atoms with E-state index in [1.165, 1.54) is 19.2 Å². The predicted octanol–water partition coefficient (Wildman–Crippen LogP) is 5.62. The molecule has 0 aliphatic heterocycles. The molecule has 2 rings (SSSR count). The first-order chi connectivity index (χ1) is 14.1. The molecule has 2 aromatic carbocycles. The van der Waals surface area contributed by atoms with Gasteiger partial charge in [0.05, 0.1) is 30.0 Å². The average molecular weight is 431 g/mol. The number of allylic oxidation sites excluding steroid dienone is 1. The average Bonchev–Trinajstić information content (AvgIpc) is 2.69. The summed E-state index contributed by atoms with van der Waals surface area (Å²) >= 11 is 6.27. The molecule has 160 valence electrons. The molecule has 0 heterocycles. The fourth-order valence-electron chi connectivity index (χ4n) is 2.87. The van der Waals surface area contributed by atoms with Crippen molar-refractivity contribution in [1.82, 2.24) is 5.32 Å². The van der Waals surface area contributed by atoms with Gasteiger partial charge in [0.15, 0.2) is 0 Å². The molecular formula is C23H27ClN2O4. The Hall–Kier alpha value is -2.99. The van der Waals surface area contributed by atoms with Gasteiger partial charge in [0.1, 0.15) is 11.3 Å². The van der Waals surface area contributed by atoms with Crippen LogP contribution in [0.25, 0.3) is 5.57 Å². The van der Waals surface area contributed by atoms with E-state index in [0.717, 1.165) is 16.7 Å². The van der Waals surface area contributed by atoms with Crippen LogP contribution in [0, 0.1) is 0 Å². The number of ether oxygens (including phenoxy) is 2. The Balaban J connectivity index is 2.22. The van der Waals surface area contributed by atoms with Crippen LogP contribution in [-0.4, -0.2) is 25.7 Å². The fraction of sp³-hybridized carbons (Fsp3) is 0.304.